The molecule has 2 aromatic rings. The molecule has 1 saturated carbocycles. The zero-order valence-electron chi connectivity index (χ0n) is 13.9. The number of nitrogens with one attached hydrogen (secondary N) is 1. The van der Waals surface area contributed by atoms with Crippen LogP contribution in [0, 0.1) is 6.92 Å². The maximum Gasteiger partial charge on any atom is 0.167 e. The highest BCUT2D eigenvalue weighted by Crippen LogP contribution is 2.38. The van der Waals surface area contributed by atoms with Crippen molar-refractivity contribution < 1.29 is 0 Å². The minimum absolute atomic E-state index is 0.389. The van der Waals surface area contributed by atoms with E-state index in [2.05, 4.69) is 32.2 Å². The van der Waals surface area contributed by atoms with Gasteiger partial charge in [0.1, 0.15) is 5.82 Å². The van der Waals surface area contributed by atoms with Crippen molar-refractivity contribution >= 4 is 11.3 Å². The fraction of sp³-hybridized carbons (Fsp3) is 0.667. The van der Waals surface area contributed by atoms with E-state index in [0.717, 1.165) is 30.7 Å². The second-order valence-electron chi connectivity index (χ2n) is 7.05. The average Bonchev–Trinajstić information content (AvgIpc) is 3.29. The molecule has 4 rings (SSSR count). The Labute approximate surface area is 142 Å². The van der Waals surface area contributed by atoms with Crippen LogP contribution in [0.2, 0.25) is 0 Å². The van der Waals surface area contributed by atoms with E-state index in [-0.39, 0.29) is 0 Å². The molecule has 1 aliphatic heterocycles. The second kappa shape index (κ2) is 6.73. The van der Waals surface area contributed by atoms with E-state index in [4.69, 9.17) is 0 Å². The Hall–Kier alpha value is -1.20. The predicted molar refractivity (Wildman–Crippen MR) is 93.6 cm³/mol. The molecule has 124 valence electrons. The third kappa shape index (κ3) is 3.36. The predicted octanol–water partition coefficient (Wildman–Crippen LogP) is 4.56. The molecule has 4 nitrogen and oxygen atoms in total. The summed E-state index contributed by atoms with van der Waals surface area (Å²) in [5.41, 5.74) is 0. The van der Waals surface area contributed by atoms with Crippen molar-refractivity contribution in [1.82, 2.24) is 20.1 Å². The van der Waals surface area contributed by atoms with E-state index in [0.29, 0.717) is 6.04 Å². The summed E-state index contributed by atoms with van der Waals surface area (Å²) in [6.07, 6.45) is 9.47. The van der Waals surface area contributed by atoms with E-state index >= 15 is 0 Å². The van der Waals surface area contributed by atoms with Gasteiger partial charge < -0.3 is 0 Å². The number of likely N-dealkylation sites (tertiary alicyclic amines) is 1. The Balaban J connectivity index is 1.44. The number of aromatic nitrogens is 3. The normalized spacial score (nSPS) is 23.6. The van der Waals surface area contributed by atoms with Gasteiger partial charge in [-0.2, -0.15) is 5.10 Å². The van der Waals surface area contributed by atoms with E-state index in [1.165, 1.54) is 49.8 Å². The van der Waals surface area contributed by atoms with Gasteiger partial charge in [0.2, 0.25) is 0 Å². The number of nitrogens with zero attached hydrogens (tertiary/aromatic N) is 3. The molecule has 2 aliphatic rings. The number of thiophene rings is 1. The Kier molecular flexibility index (Phi) is 4.49. The van der Waals surface area contributed by atoms with Crippen LogP contribution in [0.1, 0.15) is 78.3 Å². The number of hydrogen-bond acceptors (Lipinski definition) is 4. The van der Waals surface area contributed by atoms with Crippen LogP contribution in [0.5, 0.6) is 0 Å². The molecule has 0 bridgehead atoms. The van der Waals surface area contributed by atoms with Crippen LogP contribution in [0.3, 0.4) is 0 Å². The summed E-state index contributed by atoms with van der Waals surface area (Å²) in [6, 6.07) is 5.13. The molecule has 0 spiro atoms. The lowest BCUT2D eigenvalue weighted by atomic mass is 9.88. The number of hydrogen-bond donors (Lipinski definition) is 1. The summed E-state index contributed by atoms with van der Waals surface area (Å²) in [7, 11) is 0. The summed E-state index contributed by atoms with van der Waals surface area (Å²) in [5, 5.41) is 7.39. The lowest BCUT2D eigenvalue weighted by molar-refractivity contribution is 0.242. The Bertz CT molecular complexity index is 641. The lowest BCUT2D eigenvalue weighted by Crippen LogP contribution is -2.23. The summed E-state index contributed by atoms with van der Waals surface area (Å²) in [5.74, 6) is 2.72. The van der Waals surface area contributed by atoms with Crippen LogP contribution >= 0.6 is 11.3 Å². The standard InChI is InChI=1S/C18H26N4S/c1-13-19-18(21-20-13)16-8-5-11-22(16)12-15-9-10-17(23-15)14-6-3-2-4-7-14/h9-10,14,16H,2-8,11-12H2,1H3,(H,19,20,21). The highest BCUT2D eigenvalue weighted by Gasteiger charge is 2.29. The quantitative estimate of drug-likeness (QED) is 0.894. The molecule has 1 aliphatic carbocycles. The maximum atomic E-state index is 4.56. The second-order valence-corrected chi connectivity index (χ2v) is 8.25. The summed E-state index contributed by atoms with van der Waals surface area (Å²) >= 11 is 2.04. The van der Waals surface area contributed by atoms with Crippen molar-refractivity contribution in [2.24, 2.45) is 0 Å². The van der Waals surface area contributed by atoms with Gasteiger partial charge in [-0.1, -0.05) is 19.3 Å². The first-order chi connectivity index (χ1) is 11.3. The molecule has 2 fully saturated rings. The van der Waals surface area contributed by atoms with Gasteiger partial charge in [0.25, 0.3) is 0 Å². The van der Waals surface area contributed by atoms with Crippen LogP contribution in [-0.4, -0.2) is 26.6 Å². The molecule has 0 radical (unpaired) electrons. The highest BCUT2D eigenvalue weighted by molar-refractivity contribution is 7.12. The molecule has 23 heavy (non-hydrogen) atoms. The van der Waals surface area contributed by atoms with Crippen molar-refractivity contribution in [2.75, 3.05) is 6.54 Å². The SMILES string of the molecule is Cc1nc(C2CCCN2Cc2ccc(C3CCCCC3)s2)n[nH]1. The topological polar surface area (TPSA) is 44.8 Å². The fourth-order valence-corrected chi connectivity index (χ4v) is 5.31. The van der Waals surface area contributed by atoms with E-state index in [9.17, 15) is 0 Å². The van der Waals surface area contributed by atoms with Crippen LogP contribution in [0.25, 0.3) is 0 Å². The first-order valence-electron chi connectivity index (χ1n) is 9.01. The zero-order valence-corrected chi connectivity index (χ0v) is 14.7. The van der Waals surface area contributed by atoms with Gasteiger partial charge in [-0.05, 0) is 57.2 Å². The van der Waals surface area contributed by atoms with Gasteiger partial charge in [-0.15, -0.1) is 11.3 Å². The van der Waals surface area contributed by atoms with Gasteiger partial charge in [0.15, 0.2) is 5.82 Å². The molecular formula is C18H26N4S. The number of rotatable bonds is 4. The van der Waals surface area contributed by atoms with Gasteiger partial charge >= 0.3 is 0 Å². The van der Waals surface area contributed by atoms with Crippen LogP contribution < -0.4 is 0 Å². The minimum atomic E-state index is 0.389. The van der Waals surface area contributed by atoms with E-state index in [1.807, 2.05) is 18.3 Å². The average molecular weight is 331 g/mol. The van der Waals surface area contributed by atoms with Gasteiger partial charge in [0.05, 0.1) is 6.04 Å². The molecule has 1 unspecified atom stereocenters. The Morgan fingerprint density at radius 2 is 2.04 bits per heavy atom. The molecule has 0 aromatic carbocycles. The van der Waals surface area contributed by atoms with E-state index in [1.54, 1.807) is 4.88 Å². The van der Waals surface area contributed by atoms with Gasteiger partial charge in [-0.3, -0.25) is 10.00 Å². The van der Waals surface area contributed by atoms with Crippen molar-refractivity contribution in [2.45, 2.75) is 70.4 Å². The summed E-state index contributed by atoms with van der Waals surface area (Å²) in [6.45, 7) is 4.19. The number of aromatic amines is 1. The van der Waals surface area contributed by atoms with Crippen molar-refractivity contribution in [3.63, 3.8) is 0 Å². The molecule has 1 saturated heterocycles. The van der Waals surface area contributed by atoms with Gasteiger partial charge in [0, 0.05) is 16.3 Å². The molecule has 1 atom stereocenters. The van der Waals surface area contributed by atoms with Crippen molar-refractivity contribution in [1.29, 1.82) is 0 Å². The molecule has 3 heterocycles. The summed E-state index contributed by atoms with van der Waals surface area (Å²) in [4.78, 5) is 10.2. The largest absolute Gasteiger partial charge is 0.288 e. The molecule has 1 N–H and O–H groups in total. The van der Waals surface area contributed by atoms with E-state index < -0.39 is 0 Å². The maximum absolute atomic E-state index is 4.56. The molecule has 2 aromatic heterocycles. The fourth-order valence-electron chi connectivity index (χ4n) is 4.10. The van der Waals surface area contributed by atoms with Crippen LogP contribution in [-0.2, 0) is 6.54 Å². The van der Waals surface area contributed by atoms with Crippen molar-refractivity contribution in [3.05, 3.63) is 33.5 Å². The minimum Gasteiger partial charge on any atom is -0.288 e. The molecule has 5 heteroatoms. The smallest absolute Gasteiger partial charge is 0.167 e. The first-order valence-corrected chi connectivity index (χ1v) is 9.83. The monoisotopic (exact) mass is 330 g/mol. The third-order valence-corrected chi connectivity index (χ3v) is 6.56. The Morgan fingerprint density at radius 3 is 2.83 bits per heavy atom. The zero-order chi connectivity index (χ0) is 15.6. The summed E-state index contributed by atoms with van der Waals surface area (Å²) < 4.78 is 0. The Morgan fingerprint density at radius 1 is 1.17 bits per heavy atom. The number of H-pyrrole nitrogens is 1. The third-order valence-electron chi connectivity index (χ3n) is 5.33. The highest BCUT2D eigenvalue weighted by atomic mass is 32.1. The van der Waals surface area contributed by atoms with Crippen LogP contribution in [0.15, 0.2) is 12.1 Å². The lowest BCUT2D eigenvalue weighted by Gasteiger charge is -2.22. The molecular weight excluding hydrogens is 304 g/mol. The first kappa shape index (κ1) is 15.3. The van der Waals surface area contributed by atoms with Gasteiger partial charge in [-0.25, -0.2) is 4.98 Å². The number of aryl methyl sites for hydroxylation is 1. The van der Waals surface area contributed by atoms with Crippen molar-refractivity contribution in [3.8, 4) is 0 Å². The van der Waals surface area contributed by atoms with Crippen LogP contribution in [0.4, 0.5) is 0 Å². The molecule has 0 amide bonds.